The Balaban J connectivity index is 0.00000462. The maximum atomic E-state index is 12.0. The highest BCUT2D eigenvalue weighted by atomic mass is 35.5. The zero-order chi connectivity index (χ0) is 40.0. The molecule has 2 N–H and O–H groups in total. The number of aromatic nitrogens is 2. The molecule has 0 amide bonds. The molecular formula is C52H40Cl2N2O4. The fourth-order valence-electron chi connectivity index (χ4n) is 8.34. The van der Waals surface area contributed by atoms with Crippen LogP contribution in [0.3, 0.4) is 0 Å². The quantitative estimate of drug-likeness (QED) is 0.135. The van der Waals surface area contributed by atoms with Gasteiger partial charge in [0.15, 0.2) is 0 Å². The average molecular weight is 828 g/mol. The Morgan fingerprint density at radius 2 is 0.717 bits per heavy atom. The third-order valence-corrected chi connectivity index (χ3v) is 11.3. The van der Waals surface area contributed by atoms with E-state index in [1.807, 2.05) is 97.1 Å². The number of para-hydroxylation sites is 6. The van der Waals surface area contributed by atoms with Crippen LogP contribution in [-0.2, 0) is 0 Å². The standard InChI is InChI=1S/C51H36Cl2N2O4.CH4/c52-32-28-40(50(56)46(30-32)54-42-20-7-1-14-34(42)35-15-2-8-21-43(35)54)38-18-5-11-24-48(38)58-26-13-27-59-49-25-12-6-19-39(49)41-29-33(53)31-47(51(41)57)55-44-22-9-3-16-36(44)37-17-4-10-23-45(37)55;/h1-12,14-25,28-31,56-57H,13,26-27H2;1H4. The minimum absolute atomic E-state index is 0. The van der Waals surface area contributed by atoms with Crippen LogP contribution >= 0.6 is 23.2 Å². The molecule has 10 rings (SSSR count). The minimum atomic E-state index is 0. The molecule has 8 heteroatoms. The zero-order valence-corrected chi connectivity index (χ0v) is 33.2. The Morgan fingerprint density at radius 1 is 0.400 bits per heavy atom. The van der Waals surface area contributed by atoms with E-state index in [0.717, 1.165) is 54.7 Å². The maximum absolute atomic E-state index is 12.0. The number of benzene rings is 8. The largest absolute Gasteiger partial charge is 0.505 e. The number of fused-ring (bicyclic) bond motifs is 6. The van der Waals surface area contributed by atoms with Gasteiger partial charge < -0.3 is 28.8 Å². The second-order valence-corrected chi connectivity index (χ2v) is 15.3. The zero-order valence-electron chi connectivity index (χ0n) is 31.6. The van der Waals surface area contributed by atoms with Crippen molar-refractivity contribution in [3.63, 3.8) is 0 Å². The van der Waals surface area contributed by atoms with E-state index in [1.165, 1.54) is 0 Å². The summed E-state index contributed by atoms with van der Waals surface area (Å²) < 4.78 is 16.9. The SMILES string of the molecule is C.Oc1c(-c2ccccc2OCCCOc2ccccc2-c2cc(Cl)cc(-n3c4ccccc4c4ccccc43)c2O)cc(Cl)cc1-n1c2ccccc2c2ccccc21. The van der Waals surface area contributed by atoms with Crippen LogP contribution in [0.25, 0.3) is 77.2 Å². The first-order chi connectivity index (χ1) is 29.0. The molecule has 0 bridgehead atoms. The number of aromatic hydroxyl groups is 2. The van der Waals surface area contributed by atoms with E-state index in [9.17, 15) is 10.2 Å². The van der Waals surface area contributed by atoms with Crippen molar-refractivity contribution < 1.29 is 19.7 Å². The van der Waals surface area contributed by atoms with Gasteiger partial charge in [-0.3, -0.25) is 0 Å². The first-order valence-corrected chi connectivity index (χ1v) is 20.2. The fraction of sp³-hybridized carbons (Fsp3) is 0.0769. The van der Waals surface area contributed by atoms with Crippen LogP contribution in [0.4, 0.5) is 0 Å². The van der Waals surface area contributed by atoms with Gasteiger partial charge in [0, 0.05) is 60.3 Å². The number of rotatable bonds is 10. The molecule has 6 nitrogen and oxygen atoms in total. The molecule has 8 aromatic carbocycles. The van der Waals surface area contributed by atoms with Gasteiger partial charge in [-0.2, -0.15) is 0 Å². The highest BCUT2D eigenvalue weighted by Gasteiger charge is 2.22. The van der Waals surface area contributed by atoms with Crippen molar-refractivity contribution in [3.8, 4) is 56.6 Å². The van der Waals surface area contributed by atoms with Crippen LogP contribution in [0.1, 0.15) is 13.8 Å². The molecule has 0 aliphatic rings. The molecule has 0 atom stereocenters. The second-order valence-electron chi connectivity index (χ2n) is 14.4. The number of halogens is 2. The summed E-state index contributed by atoms with van der Waals surface area (Å²) in [4.78, 5) is 0. The van der Waals surface area contributed by atoms with Crippen LogP contribution in [0.2, 0.25) is 10.0 Å². The first kappa shape index (κ1) is 38.6. The third kappa shape index (κ3) is 6.64. The van der Waals surface area contributed by atoms with Crippen molar-refractivity contribution in [2.45, 2.75) is 13.8 Å². The lowest BCUT2D eigenvalue weighted by Crippen LogP contribution is -2.06. The minimum Gasteiger partial charge on any atom is -0.505 e. The van der Waals surface area contributed by atoms with E-state index in [2.05, 4.69) is 57.7 Å². The number of ether oxygens (including phenoxy) is 2. The van der Waals surface area contributed by atoms with Crippen LogP contribution in [-0.4, -0.2) is 32.6 Å². The van der Waals surface area contributed by atoms with Crippen LogP contribution in [0, 0.1) is 0 Å². The number of nitrogens with zero attached hydrogens (tertiary/aromatic N) is 2. The highest BCUT2D eigenvalue weighted by Crippen LogP contribution is 2.46. The van der Waals surface area contributed by atoms with Gasteiger partial charge in [-0.15, -0.1) is 0 Å². The molecule has 2 aromatic heterocycles. The summed E-state index contributed by atoms with van der Waals surface area (Å²) in [5, 5.41) is 29.2. The summed E-state index contributed by atoms with van der Waals surface area (Å²) in [6.45, 7) is 0.696. The van der Waals surface area contributed by atoms with Gasteiger partial charge in [-0.1, -0.05) is 140 Å². The van der Waals surface area contributed by atoms with E-state index in [4.69, 9.17) is 32.7 Å². The molecule has 0 aliphatic heterocycles. The lowest BCUT2D eigenvalue weighted by atomic mass is 10.0. The molecule has 10 aromatic rings. The van der Waals surface area contributed by atoms with Crippen molar-refractivity contribution in [2.75, 3.05) is 13.2 Å². The number of hydrogen-bond donors (Lipinski definition) is 2. The van der Waals surface area contributed by atoms with E-state index < -0.39 is 0 Å². The molecule has 0 aliphatic carbocycles. The number of phenols is 2. The Hall–Kier alpha value is -6.86. The molecule has 60 heavy (non-hydrogen) atoms. The predicted molar refractivity (Wildman–Crippen MR) is 248 cm³/mol. The molecule has 2 heterocycles. The average Bonchev–Trinajstić information content (AvgIpc) is 3.78. The molecule has 0 saturated heterocycles. The van der Waals surface area contributed by atoms with Crippen molar-refractivity contribution in [1.29, 1.82) is 0 Å². The highest BCUT2D eigenvalue weighted by molar-refractivity contribution is 6.31. The van der Waals surface area contributed by atoms with Crippen molar-refractivity contribution in [2.24, 2.45) is 0 Å². The third-order valence-electron chi connectivity index (χ3n) is 10.9. The van der Waals surface area contributed by atoms with Gasteiger partial charge in [0.05, 0.1) is 46.7 Å². The fourth-order valence-corrected chi connectivity index (χ4v) is 8.76. The van der Waals surface area contributed by atoms with Gasteiger partial charge in [-0.05, 0) is 60.7 Å². The van der Waals surface area contributed by atoms with Gasteiger partial charge in [0.1, 0.15) is 23.0 Å². The molecule has 0 spiro atoms. The van der Waals surface area contributed by atoms with Gasteiger partial charge in [-0.25, -0.2) is 0 Å². The van der Waals surface area contributed by atoms with E-state index in [-0.39, 0.29) is 18.9 Å². The Labute approximate surface area is 357 Å². The molecule has 0 radical (unpaired) electrons. The summed E-state index contributed by atoms with van der Waals surface area (Å²) in [5.41, 5.74) is 7.62. The first-order valence-electron chi connectivity index (χ1n) is 19.4. The maximum Gasteiger partial charge on any atom is 0.147 e. The topological polar surface area (TPSA) is 68.8 Å². The molecule has 0 unspecified atom stereocenters. The summed E-state index contributed by atoms with van der Waals surface area (Å²) >= 11 is 13.6. The lowest BCUT2D eigenvalue weighted by molar-refractivity contribution is 0.248. The Bertz CT molecular complexity index is 2900. The van der Waals surface area contributed by atoms with Crippen LogP contribution < -0.4 is 9.47 Å². The smallest absolute Gasteiger partial charge is 0.147 e. The van der Waals surface area contributed by atoms with Crippen molar-refractivity contribution in [1.82, 2.24) is 9.13 Å². The van der Waals surface area contributed by atoms with E-state index in [1.54, 1.807) is 24.3 Å². The second kappa shape index (κ2) is 16.1. The molecule has 0 fully saturated rings. The monoisotopic (exact) mass is 826 g/mol. The summed E-state index contributed by atoms with van der Waals surface area (Å²) in [6.07, 6.45) is 0.560. The Morgan fingerprint density at radius 3 is 1.08 bits per heavy atom. The van der Waals surface area contributed by atoms with Crippen molar-refractivity contribution >= 4 is 66.8 Å². The van der Waals surface area contributed by atoms with E-state index >= 15 is 0 Å². The molecule has 296 valence electrons. The summed E-state index contributed by atoms with van der Waals surface area (Å²) in [6, 6.07) is 55.1. The Kier molecular flexibility index (Phi) is 10.3. The van der Waals surface area contributed by atoms with Crippen LogP contribution in [0.15, 0.2) is 170 Å². The number of phenolic OH excluding ortho intramolecular Hbond substituents is 2. The normalized spacial score (nSPS) is 11.4. The lowest BCUT2D eigenvalue weighted by Gasteiger charge is -2.18. The number of hydrogen-bond acceptors (Lipinski definition) is 4. The van der Waals surface area contributed by atoms with E-state index in [0.29, 0.717) is 63.7 Å². The van der Waals surface area contributed by atoms with Crippen LogP contribution in [0.5, 0.6) is 23.0 Å². The van der Waals surface area contributed by atoms with Crippen molar-refractivity contribution in [3.05, 3.63) is 180 Å². The molecular weight excluding hydrogens is 787 g/mol. The van der Waals surface area contributed by atoms with Gasteiger partial charge >= 0.3 is 0 Å². The molecule has 0 saturated carbocycles. The summed E-state index contributed by atoms with van der Waals surface area (Å²) in [7, 11) is 0. The van der Waals surface area contributed by atoms with Gasteiger partial charge in [0.25, 0.3) is 0 Å². The summed E-state index contributed by atoms with van der Waals surface area (Å²) in [5.74, 6) is 1.42. The predicted octanol–water partition coefficient (Wildman–Crippen LogP) is 14.4. The van der Waals surface area contributed by atoms with Gasteiger partial charge in [0.2, 0.25) is 0 Å².